The summed E-state index contributed by atoms with van der Waals surface area (Å²) in [5.41, 5.74) is 8.79. The van der Waals surface area contributed by atoms with E-state index < -0.39 is 0 Å². The highest BCUT2D eigenvalue weighted by Gasteiger charge is 2.24. The van der Waals surface area contributed by atoms with E-state index in [9.17, 15) is 0 Å². The number of hydrogen-bond donors (Lipinski definition) is 0. The maximum Gasteiger partial charge on any atom is 0.238 e. The highest BCUT2D eigenvalue weighted by molar-refractivity contribution is 6.23. The van der Waals surface area contributed by atoms with E-state index in [-0.39, 0.29) is 0 Å². The van der Waals surface area contributed by atoms with Crippen molar-refractivity contribution in [1.29, 1.82) is 0 Å². The lowest BCUT2D eigenvalue weighted by molar-refractivity contribution is 0.620. The molecule has 0 aliphatic heterocycles. The zero-order chi connectivity index (χ0) is 34.9. The number of aromatic nitrogens is 7. The van der Waals surface area contributed by atoms with Crippen molar-refractivity contribution < 1.29 is 4.42 Å². The summed E-state index contributed by atoms with van der Waals surface area (Å²) in [4.78, 5) is 25.0. The molecule has 5 heterocycles. The van der Waals surface area contributed by atoms with E-state index in [1.165, 1.54) is 5.39 Å². The molecule has 0 bridgehead atoms. The number of benzene rings is 6. The summed E-state index contributed by atoms with van der Waals surface area (Å²) >= 11 is 0. The zero-order valence-corrected chi connectivity index (χ0v) is 28.1. The fraction of sp³-hybridized carbons (Fsp3) is 0. The van der Waals surface area contributed by atoms with Crippen LogP contribution >= 0.6 is 0 Å². The van der Waals surface area contributed by atoms with Crippen LogP contribution in [0.2, 0.25) is 0 Å². The average molecular weight is 682 g/mol. The minimum absolute atomic E-state index is 0.451. The minimum atomic E-state index is 0.451. The third-order valence-corrected chi connectivity index (χ3v) is 9.88. The van der Waals surface area contributed by atoms with Gasteiger partial charge in [0.2, 0.25) is 11.8 Å². The predicted molar refractivity (Wildman–Crippen MR) is 210 cm³/mol. The molecule has 5 aromatic heterocycles. The summed E-state index contributed by atoms with van der Waals surface area (Å²) in [5, 5.41) is 4.50. The van der Waals surface area contributed by atoms with Crippen LogP contribution in [0.5, 0.6) is 0 Å². The van der Waals surface area contributed by atoms with Gasteiger partial charge in [-0.3, -0.25) is 9.55 Å². The molecular formula is C45H27N7O. The molecule has 0 aliphatic carbocycles. The van der Waals surface area contributed by atoms with Gasteiger partial charge in [-0.1, -0.05) is 97.1 Å². The summed E-state index contributed by atoms with van der Waals surface area (Å²) in [5.74, 6) is 1.91. The topological polar surface area (TPSA) is 87.5 Å². The standard InChI is InChI=1S/C45H27N7O/c1-3-14-28(15-4-1)44-47-35-22-13-20-34(41(35)53-44)42-48-43(36-21-11-12-27-46-36)50-45(49-42)52-38-24-10-8-19-31(38)33-26-25-32-30-18-7-9-23-37(30)51(39(32)40(33)52)29-16-5-2-6-17-29/h1-27H. The van der Waals surface area contributed by atoms with Crippen molar-refractivity contribution in [2.75, 3.05) is 0 Å². The fourth-order valence-corrected chi connectivity index (χ4v) is 7.58. The number of para-hydroxylation sites is 4. The van der Waals surface area contributed by atoms with E-state index in [0.29, 0.717) is 45.8 Å². The van der Waals surface area contributed by atoms with Gasteiger partial charge in [-0.05, 0) is 60.7 Å². The molecule has 0 radical (unpaired) electrons. The van der Waals surface area contributed by atoms with Crippen molar-refractivity contribution in [3.63, 3.8) is 0 Å². The molecule has 8 nitrogen and oxygen atoms in total. The highest BCUT2D eigenvalue weighted by Crippen LogP contribution is 2.41. The number of nitrogens with zero attached hydrogens (tertiary/aromatic N) is 7. The summed E-state index contributed by atoms with van der Waals surface area (Å²) in [6.07, 6.45) is 1.75. The Hall–Kier alpha value is -7.45. The number of hydrogen-bond acceptors (Lipinski definition) is 6. The SMILES string of the molecule is c1ccc(-c2nc3cccc(-c4nc(-c5ccccn5)nc(-n5c6ccccc6c6ccc7c8ccccc8n(-c8ccccc8)c7c65)n4)c3o2)cc1. The van der Waals surface area contributed by atoms with Gasteiger partial charge in [0.05, 0.1) is 27.6 Å². The van der Waals surface area contributed by atoms with Crippen LogP contribution in [0.4, 0.5) is 0 Å². The Kier molecular flexibility index (Phi) is 6.38. The van der Waals surface area contributed by atoms with Crippen molar-refractivity contribution in [1.82, 2.24) is 34.1 Å². The average Bonchev–Trinajstić information content (AvgIpc) is 3.92. The first-order chi connectivity index (χ1) is 26.3. The Labute approximate surface area is 302 Å². The maximum absolute atomic E-state index is 6.48. The van der Waals surface area contributed by atoms with Gasteiger partial charge in [0.1, 0.15) is 11.2 Å². The molecule has 0 fully saturated rings. The Morgan fingerprint density at radius 1 is 0.453 bits per heavy atom. The smallest absolute Gasteiger partial charge is 0.238 e. The van der Waals surface area contributed by atoms with Crippen LogP contribution in [0.25, 0.3) is 101 Å². The molecule has 0 saturated heterocycles. The van der Waals surface area contributed by atoms with E-state index >= 15 is 0 Å². The molecule has 0 amide bonds. The number of rotatable bonds is 5. The van der Waals surface area contributed by atoms with Gasteiger partial charge in [0.15, 0.2) is 17.2 Å². The Morgan fingerprint density at radius 2 is 1.09 bits per heavy atom. The molecule has 11 aromatic rings. The highest BCUT2D eigenvalue weighted by atomic mass is 16.3. The van der Waals surface area contributed by atoms with E-state index in [2.05, 4.69) is 99.0 Å². The molecular weight excluding hydrogens is 655 g/mol. The summed E-state index contributed by atoms with van der Waals surface area (Å²) in [6.45, 7) is 0. The van der Waals surface area contributed by atoms with Crippen LogP contribution in [0.15, 0.2) is 168 Å². The molecule has 11 rings (SSSR count). The van der Waals surface area contributed by atoms with Crippen LogP contribution in [0.3, 0.4) is 0 Å². The fourth-order valence-electron chi connectivity index (χ4n) is 7.58. The van der Waals surface area contributed by atoms with E-state index in [1.54, 1.807) is 6.20 Å². The molecule has 0 saturated carbocycles. The number of oxazole rings is 1. The van der Waals surface area contributed by atoms with Crippen molar-refractivity contribution >= 4 is 54.7 Å². The summed E-state index contributed by atoms with van der Waals surface area (Å²) < 4.78 is 11.0. The van der Waals surface area contributed by atoms with Gasteiger partial charge in [0, 0.05) is 39.0 Å². The largest absolute Gasteiger partial charge is 0.435 e. The van der Waals surface area contributed by atoms with Crippen molar-refractivity contribution in [2.45, 2.75) is 0 Å². The number of pyridine rings is 1. The second kappa shape index (κ2) is 11.5. The van der Waals surface area contributed by atoms with Gasteiger partial charge < -0.3 is 8.98 Å². The van der Waals surface area contributed by atoms with Crippen LogP contribution in [-0.4, -0.2) is 34.1 Å². The monoisotopic (exact) mass is 681 g/mol. The van der Waals surface area contributed by atoms with Crippen molar-refractivity contribution in [2.24, 2.45) is 0 Å². The second-order valence-corrected chi connectivity index (χ2v) is 12.9. The van der Waals surface area contributed by atoms with E-state index in [0.717, 1.165) is 49.5 Å². The maximum atomic E-state index is 6.48. The van der Waals surface area contributed by atoms with Gasteiger partial charge in [-0.2, -0.15) is 9.97 Å². The first-order valence-electron chi connectivity index (χ1n) is 17.4. The lowest BCUT2D eigenvalue weighted by Gasteiger charge is -2.13. The minimum Gasteiger partial charge on any atom is -0.435 e. The Bertz CT molecular complexity index is 3170. The van der Waals surface area contributed by atoms with Gasteiger partial charge in [0.25, 0.3) is 0 Å². The summed E-state index contributed by atoms with van der Waals surface area (Å²) in [7, 11) is 0. The van der Waals surface area contributed by atoms with Crippen LogP contribution < -0.4 is 0 Å². The molecule has 0 N–H and O–H groups in total. The molecule has 248 valence electrons. The second-order valence-electron chi connectivity index (χ2n) is 12.9. The van der Waals surface area contributed by atoms with Crippen molar-refractivity contribution in [3.05, 3.63) is 164 Å². The lowest BCUT2D eigenvalue weighted by atomic mass is 10.1. The molecule has 0 spiro atoms. The first kappa shape index (κ1) is 29.3. The Morgan fingerprint density at radius 3 is 1.83 bits per heavy atom. The summed E-state index contributed by atoms with van der Waals surface area (Å²) in [6, 6.07) is 53.5. The van der Waals surface area contributed by atoms with Gasteiger partial charge in [-0.25, -0.2) is 9.97 Å². The number of fused-ring (bicyclic) bond motifs is 8. The van der Waals surface area contributed by atoms with E-state index in [4.69, 9.17) is 24.4 Å². The molecule has 0 aliphatic rings. The van der Waals surface area contributed by atoms with Gasteiger partial charge >= 0.3 is 0 Å². The van der Waals surface area contributed by atoms with Crippen LogP contribution in [-0.2, 0) is 0 Å². The molecule has 0 atom stereocenters. The van der Waals surface area contributed by atoms with E-state index in [1.807, 2.05) is 72.8 Å². The first-order valence-corrected chi connectivity index (χ1v) is 17.4. The third kappa shape index (κ3) is 4.52. The molecule has 0 unspecified atom stereocenters. The lowest BCUT2D eigenvalue weighted by Crippen LogP contribution is -2.07. The van der Waals surface area contributed by atoms with Crippen LogP contribution in [0, 0.1) is 0 Å². The van der Waals surface area contributed by atoms with Crippen LogP contribution in [0.1, 0.15) is 0 Å². The molecule has 53 heavy (non-hydrogen) atoms. The van der Waals surface area contributed by atoms with Crippen molar-refractivity contribution in [3.8, 4) is 46.0 Å². The quantitative estimate of drug-likeness (QED) is 0.180. The molecule has 6 aromatic carbocycles. The normalized spacial score (nSPS) is 11.8. The molecule has 8 heteroatoms. The zero-order valence-electron chi connectivity index (χ0n) is 28.1. The van der Waals surface area contributed by atoms with Gasteiger partial charge in [-0.15, -0.1) is 0 Å². The third-order valence-electron chi connectivity index (χ3n) is 9.88. The Balaban J connectivity index is 1.26. The predicted octanol–water partition coefficient (Wildman–Crippen LogP) is 10.6.